The molecule has 0 aromatic carbocycles. The summed E-state index contributed by atoms with van der Waals surface area (Å²) < 4.78 is 25.3. The summed E-state index contributed by atoms with van der Waals surface area (Å²) in [7, 11) is 0. The van der Waals surface area contributed by atoms with E-state index in [2.05, 4.69) is 4.98 Å². The molecule has 1 aromatic heterocycles. The fourth-order valence-corrected chi connectivity index (χ4v) is 0.819. The van der Waals surface area contributed by atoms with Gasteiger partial charge in [-0.1, -0.05) is 0 Å². The van der Waals surface area contributed by atoms with E-state index in [1.165, 1.54) is 17.0 Å². The zero-order chi connectivity index (χ0) is 8.27. The molecule has 0 unspecified atom stereocenters. The molecule has 0 aliphatic rings. The van der Waals surface area contributed by atoms with Crippen LogP contribution in [0.2, 0.25) is 0 Å². The van der Waals surface area contributed by atoms with Gasteiger partial charge in [-0.2, -0.15) is 0 Å². The molecule has 62 valence electrons. The minimum Gasteiger partial charge on any atom is -0.395 e. The Bertz CT molecular complexity index is 224. The smallest absolute Gasteiger partial charge is 0.295 e. The number of hydrogen-bond acceptors (Lipinski definition) is 2. The quantitative estimate of drug-likeness (QED) is 0.714. The van der Waals surface area contributed by atoms with Gasteiger partial charge >= 0.3 is 0 Å². The molecular formula is C6H8F2N2O. The zero-order valence-electron chi connectivity index (χ0n) is 5.74. The fourth-order valence-electron chi connectivity index (χ4n) is 0.819. The highest BCUT2D eigenvalue weighted by molar-refractivity contribution is 4.93. The number of imidazole rings is 1. The molecule has 0 fully saturated rings. The van der Waals surface area contributed by atoms with Gasteiger partial charge in [-0.15, -0.1) is 0 Å². The summed E-state index contributed by atoms with van der Waals surface area (Å²) >= 11 is 0. The van der Waals surface area contributed by atoms with E-state index in [-0.39, 0.29) is 19.0 Å². The molecule has 0 spiro atoms. The molecule has 0 aliphatic heterocycles. The Morgan fingerprint density at radius 2 is 2.36 bits per heavy atom. The Morgan fingerprint density at radius 3 is 2.91 bits per heavy atom. The standard InChI is InChI=1S/C6H8F2N2O/c7-5(8)6-9-1-2-10(6)3-4-11/h1-2,5,11H,3-4H2. The van der Waals surface area contributed by atoms with Crippen molar-refractivity contribution in [1.29, 1.82) is 0 Å². The first-order valence-electron chi connectivity index (χ1n) is 3.15. The minimum absolute atomic E-state index is 0.157. The van der Waals surface area contributed by atoms with Gasteiger partial charge in [-0.05, 0) is 0 Å². The van der Waals surface area contributed by atoms with Crippen molar-refractivity contribution in [3.05, 3.63) is 18.2 Å². The average molecular weight is 162 g/mol. The Labute approximate surface area is 62.3 Å². The lowest BCUT2D eigenvalue weighted by Gasteiger charge is -2.03. The van der Waals surface area contributed by atoms with Crippen molar-refractivity contribution < 1.29 is 13.9 Å². The van der Waals surface area contributed by atoms with Gasteiger partial charge < -0.3 is 9.67 Å². The van der Waals surface area contributed by atoms with Crippen LogP contribution in [0, 0.1) is 0 Å². The van der Waals surface area contributed by atoms with Crippen molar-refractivity contribution in [2.45, 2.75) is 13.0 Å². The van der Waals surface area contributed by atoms with Gasteiger partial charge in [-0.3, -0.25) is 0 Å². The lowest BCUT2D eigenvalue weighted by atomic mass is 10.6. The lowest BCUT2D eigenvalue weighted by molar-refractivity contribution is 0.133. The van der Waals surface area contributed by atoms with Gasteiger partial charge in [0.1, 0.15) is 0 Å². The highest BCUT2D eigenvalue weighted by atomic mass is 19.3. The molecule has 1 aromatic rings. The summed E-state index contributed by atoms with van der Waals surface area (Å²) in [4.78, 5) is 3.44. The molecule has 3 nitrogen and oxygen atoms in total. The first-order chi connectivity index (χ1) is 5.25. The maximum absolute atomic E-state index is 12.0. The SMILES string of the molecule is OCCn1ccnc1C(F)F. The van der Waals surface area contributed by atoms with Crippen molar-refractivity contribution >= 4 is 0 Å². The van der Waals surface area contributed by atoms with Crippen LogP contribution in [0.1, 0.15) is 12.2 Å². The van der Waals surface area contributed by atoms with E-state index in [1.54, 1.807) is 0 Å². The first kappa shape index (κ1) is 8.13. The van der Waals surface area contributed by atoms with E-state index >= 15 is 0 Å². The Kier molecular flexibility index (Phi) is 2.53. The van der Waals surface area contributed by atoms with E-state index in [4.69, 9.17) is 5.11 Å². The molecule has 1 rings (SSSR count). The van der Waals surface area contributed by atoms with Crippen LogP contribution in [0.5, 0.6) is 0 Å². The highest BCUT2D eigenvalue weighted by Crippen LogP contribution is 2.15. The van der Waals surface area contributed by atoms with Crippen molar-refractivity contribution in [1.82, 2.24) is 9.55 Å². The molecule has 0 bridgehead atoms. The Hall–Kier alpha value is -0.970. The van der Waals surface area contributed by atoms with Crippen LogP contribution in [0.4, 0.5) is 8.78 Å². The normalized spacial score (nSPS) is 10.9. The monoisotopic (exact) mass is 162 g/mol. The molecule has 0 saturated carbocycles. The van der Waals surface area contributed by atoms with Crippen molar-refractivity contribution in [2.75, 3.05) is 6.61 Å². The summed E-state index contributed by atoms with van der Waals surface area (Å²) in [5.41, 5.74) is 0. The summed E-state index contributed by atoms with van der Waals surface area (Å²) in [6, 6.07) is 0. The number of rotatable bonds is 3. The maximum atomic E-state index is 12.0. The molecule has 1 heterocycles. The van der Waals surface area contributed by atoms with Crippen molar-refractivity contribution in [3.63, 3.8) is 0 Å². The van der Waals surface area contributed by atoms with E-state index in [1.807, 2.05) is 0 Å². The zero-order valence-corrected chi connectivity index (χ0v) is 5.74. The Balaban J connectivity index is 2.78. The Morgan fingerprint density at radius 1 is 1.64 bits per heavy atom. The molecular weight excluding hydrogens is 154 g/mol. The van der Waals surface area contributed by atoms with Crippen LogP contribution in [0.25, 0.3) is 0 Å². The number of aromatic nitrogens is 2. The summed E-state index contributed by atoms with van der Waals surface area (Å²) in [6.45, 7) is 0.00968. The summed E-state index contributed by atoms with van der Waals surface area (Å²) in [5.74, 6) is -0.293. The molecule has 0 aliphatic carbocycles. The fraction of sp³-hybridized carbons (Fsp3) is 0.500. The number of halogens is 2. The molecule has 0 radical (unpaired) electrons. The van der Waals surface area contributed by atoms with Gasteiger partial charge in [-0.25, -0.2) is 13.8 Å². The van der Waals surface area contributed by atoms with Crippen LogP contribution in [0.3, 0.4) is 0 Å². The maximum Gasteiger partial charge on any atom is 0.295 e. The van der Waals surface area contributed by atoms with Gasteiger partial charge in [0, 0.05) is 18.9 Å². The molecule has 0 saturated heterocycles. The average Bonchev–Trinajstić information content (AvgIpc) is 2.36. The molecule has 0 amide bonds. The second kappa shape index (κ2) is 3.43. The van der Waals surface area contributed by atoms with Crippen molar-refractivity contribution in [3.8, 4) is 0 Å². The number of aliphatic hydroxyl groups is 1. The number of hydrogen-bond donors (Lipinski definition) is 1. The second-order valence-electron chi connectivity index (χ2n) is 2.00. The van der Waals surface area contributed by atoms with Crippen LogP contribution in [-0.4, -0.2) is 21.3 Å². The van der Waals surface area contributed by atoms with Crippen LogP contribution in [0.15, 0.2) is 12.4 Å². The van der Waals surface area contributed by atoms with Gasteiger partial charge in [0.15, 0.2) is 5.82 Å². The van der Waals surface area contributed by atoms with E-state index in [0.29, 0.717) is 0 Å². The molecule has 1 N–H and O–H groups in total. The van der Waals surface area contributed by atoms with E-state index < -0.39 is 6.43 Å². The molecule has 5 heteroatoms. The predicted octanol–water partition coefficient (Wildman–Crippen LogP) is 0.813. The third kappa shape index (κ3) is 1.74. The van der Waals surface area contributed by atoms with Gasteiger partial charge in [0.2, 0.25) is 0 Å². The van der Waals surface area contributed by atoms with Crippen LogP contribution < -0.4 is 0 Å². The third-order valence-electron chi connectivity index (χ3n) is 1.28. The molecule has 11 heavy (non-hydrogen) atoms. The predicted molar refractivity (Wildman–Crippen MR) is 34.3 cm³/mol. The van der Waals surface area contributed by atoms with Crippen molar-refractivity contribution in [2.24, 2.45) is 0 Å². The number of nitrogens with zero attached hydrogens (tertiary/aromatic N) is 2. The summed E-state index contributed by atoms with van der Waals surface area (Å²) in [6.07, 6.45) is 0.131. The third-order valence-corrected chi connectivity index (χ3v) is 1.28. The van der Waals surface area contributed by atoms with Gasteiger partial charge in [0.25, 0.3) is 6.43 Å². The van der Waals surface area contributed by atoms with E-state index in [0.717, 1.165) is 0 Å². The summed E-state index contributed by atoms with van der Waals surface area (Å²) in [5, 5.41) is 8.45. The van der Waals surface area contributed by atoms with Crippen LogP contribution >= 0.6 is 0 Å². The van der Waals surface area contributed by atoms with Crippen LogP contribution in [-0.2, 0) is 6.54 Å². The lowest BCUT2D eigenvalue weighted by Crippen LogP contribution is -2.06. The number of aliphatic hydroxyl groups excluding tert-OH is 1. The highest BCUT2D eigenvalue weighted by Gasteiger charge is 2.12. The first-order valence-corrected chi connectivity index (χ1v) is 3.15. The topological polar surface area (TPSA) is 38.0 Å². The van der Waals surface area contributed by atoms with E-state index in [9.17, 15) is 8.78 Å². The van der Waals surface area contributed by atoms with Gasteiger partial charge in [0.05, 0.1) is 6.61 Å². The minimum atomic E-state index is -2.57. The molecule has 0 atom stereocenters. The second-order valence-corrected chi connectivity index (χ2v) is 2.00. The number of alkyl halides is 2. The largest absolute Gasteiger partial charge is 0.395 e.